The zero-order valence-corrected chi connectivity index (χ0v) is 13.8. The van der Waals surface area contributed by atoms with Crippen LogP contribution in [0.5, 0.6) is 5.75 Å². The lowest BCUT2D eigenvalue weighted by atomic mass is 10.2. The van der Waals surface area contributed by atoms with Crippen LogP contribution in [0.25, 0.3) is 0 Å². The average Bonchev–Trinajstić information content (AvgIpc) is 2.99. The summed E-state index contributed by atoms with van der Waals surface area (Å²) in [6.07, 6.45) is -4.40. The van der Waals surface area contributed by atoms with Crippen molar-refractivity contribution in [2.45, 2.75) is 30.8 Å². The van der Waals surface area contributed by atoms with Gasteiger partial charge in [0.25, 0.3) is 5.76 Å². The van der Waals surface area contributed by atoms with Crippen LogP contribution < -0.4 is 10.1 Å². The minimum Gasteiger partial charge on any atom is -0.484 e. The minimum absolute atomic E-state index is 0.0752. The zero-order chi connectivity index (χ0) is 18.3. The van der Waals surface area contributed by atoms with Gasteiger partial charge < -0.3 is 14.5 Å². The molecule has 0 saturated heterocycles. The van der Waals surface area contributed by atoms with E-state index in [1.54, 1.807) is 30.3 Å². The van der Waals surface area contributed by atoms with Gasteiger partial charge in [-0.3, -0.25) is 0 Å². The highest BCUT2D eigenvalue weighted by Gasteiger charge is 2.28. The van der Waals surface area contributed by atoms with Gasteiger partial charge in [0.15, 0.2) is 6.61 Å². The van der Waals surface area contributed by atoms with E-state index in [1.807, 2.05) is 0 Å². The van der Waals surface area contributed by atoms with E-state index < -0.39 is 18.5 Å². The van der Waals surface area contributed by atoms with Crippen molar-refractivity contribution in [2.75, 3.05) is 6.61 Å². The molecular weight excluding hydrogens is 365 g/mol. The highest BCUT2D eigenvalue weighted by molar-refractivity contribution is 7.98. The first-order valence-electron chi connectivity index (χ1n) is 7.29. The van der Waals surface area contributed by atoms with E-state index in [0.717, 1.165) is 0 Å². The molecule has 0 spiro atoms. The molecule has 1 N–H and O–H groups in total. The van der Waals surface area contributed by atoms with Crippen LogP contribution in [0.4, 0.5) is 22.0 Å². The number of benzene rings is 1. The summed E-state index contributed by atoms with van der Waals surface area (Å²) in [5.74, 6) is -1.23. The number of para-hydroxylation sites is 1. The van der Waals surface area contributed by atoms with Gasteiger partial charge in [0, 0.05) is 12.1 Å². The fraction of sp³-hybridized carbons (Fsp3) is 0.375. The molecule has 0 fully saturated rings. The molecule has 1 aromatic carbocycles. The molecule has 0 amide bonds. The molecule has 1 heterocycles. The van der Waals surface area contributed by atoms with E-state index >= 15 is 0 Å². The Balaban J connectivity index is 1.83. The van der Waals surface area contributed by atoms with Gasteiger partial charge in [0.1, 0.15) is 17.3 Å². The number of ether oxygens (including phenoxy) is 1. The lowest BCUT2D eigenvalue weighted by molar-refractivity contribution is -0.153. The number of hydrogen-bond donors (Lipinski definition) is 1. The molecule has 0 radical (unpaired) electrons. The smallest absolute Gasteiger partial charge is 0.422 e. The van der Waals surface area contributed by atoms with Crippen molar-refractivity contribution in [1.29, 1.82) is 0 Å². The second-order valence-electron chi connectivity index (χ2n) is 5.05. The fourth-order valence-corrected chi connectivity index (χ4v) is 2.46. The van der Waals surface area contributed by atoms with Crippen LogP contribution in [0.15, 0.2) is 40.8 Å². The second-order valence-corrected chi connectivity index (χ2v) is 6.03. The number of furan rings is 1. The molecule has 138 valence electrons. The van der Waals surface area contributed by atoms with Crippen LogP contribution in [0, 0.1) is 0 Å². The molecule has 9 heteroatoms. The van der Waals surface area contributed by atoms with Crippen molar-refractivity contribution in [1.82, 2.24) is 5.32 Å². The third kappa shape index (κ3) is 7.35. The molecule has 0 saturated carbocycles. The molecule has 2 aromatic rings. The Labute approximate surface area is 145 Å². The Morgan fingerprint density at radius 1 is 1.04 bits per heavy atom. The first-order chi connectivity index (χ1) is 11.8. The normalized spacial score (nSPS) is 11.9. The highest BCUT2D eigenvalue weighted by Crippen LogP contribution is 2.23. The van der Waals surface area contributed by atoms with E-state index in [4.69, 9.17) is 9.15 Å². The Kier molecular flexibility index (Phi) is 7.12. The largest absolute Gasteiger partial charge is 0.484 e. The number of rotatable bonds is 9. The Morgan fingerprint density at radius 2 is 1.76 bits per heavy atom. The number of nitrogens with one attached hydrogen (secondary N) is 1. The van der Waals surface area contributed by atoms with Gasteiger partial charge >= 0.3 is 6.18 Å². The highest BCUT2D eigenvalue weighted by atomic mass is 32.2. The molecular formula is C16H16F5NO2S. The first kappa shape index (κ1) is 19.6. The molecule has 0 unspecified atom stereocenters. The predicted molar refractivity (Wildman–Crippen MR) is 84.5 cm³/mol. The van der Waals surface area contributed by atoms with Crippen molar-refractivity contribution in [3.8, 4) is 5.75 Å². The lowest BCUT2D eigenvalue weighted by Gasteiger charge is -2.13. The van der Waals surface area contributed by atoms with Crippen LogP contribution in [-0.4, -0.2) is 18.5 Å². The van der Waals surface area contributed by atoms with Crippen molar-refractivity contribution >= 4 is 11.8 Å². The molecule has 0 atom stereocenters. The standard InChI is InChI=1S/C16H16F5NO2S/c17-15(18)25-9-13-6-5-12(24-13)8-22-7-11-3-1-2-4-14(11)23-10-16(19,20)21/h1-6,15,22H,7-10H2. The quantitative estimate of drug-likeness (QED) is 0.622. The third-order valence-corrected chi connectivity index (χ3v) is 3.75. The van der Waals surface area contributed by atoms with Gasteiger partial charge in [-0.2, -0.15) is 22.0 Å². The van der Waals surface area contributed by atoms with Gasteiger partial charge in [-0.1, -0.05) is 30.0 Å². The summed E-state index contributed by atoms with van der Waals surface area (Å²) in [6.45, 7) is -0.768. The van der Waals surface area contributed by atoms with E-state index in [2.05, 4.69) is 5.32 Å². The predicted octanol–water partition coefficient (Wildman–Crippen LogP) is 4.97. The summed E-state index contributed by atoms with van der Waals surface area (Å²) >= 11 is 0.472. The maximum Gasteiger partial charge on any atom is 0.422 e. The molecule has 2 rings (SSSR count). The van der Waals surface area contributed by atoms with Crippen LogP contribution >= 0.6 is 11.8 Å². The van der Waals surface area contributed by atoms with Gasteiger partial charge in [0.2, 0.25) is 0 Å². The number of hydrogen-bond acceptors (Lipinski definition) is 4. The Hall–Kier alpha value is -1.74. The lowest BCUT2D eigenvalue weighted by Crippen LogP contribution is -2.20. The number of alkyl halides is 5. The number of thioether (sulfide) groups is 1. The molecule has 25 heavy (non-hydrogen) atoms. The van der Waals surface area contributed by atoms with Gasteiger partial charge in [-0.05, 0) is 18.2 Å². The Morgan fingerprint density at radius 3 is 2.48 bits per heavy atom. The summed E-state index contributed by atoms with van der Waals surface area (Å²) in [7, 11) is 0. The van der Waals surface area contributed by atoms with Crippen molar-refractivity contribution in [3.63, 3.8) is 0 Å². The van der Waals surface area contributed by atoms with Gasteiger partial charge in [-0.15, -0.1) is 0 Å². The summed E-state index contributed by atoms with van der Waals surface area (Å²) in [4.78, 5) is 0. The summed E-state index contributed by atoms with van der Waals surface area (Å²) in [5.41, 5.74) is 0.576. The first-order valence-corrected chi connectivity index (χ1v) is 8.34. The van der Waals surface area contributed by atoms with Crippen molar-refractivity contribution in [3.05, 3.63) is 53.5 Å². The summed E-state index contributed by atoms with van der Waals surface area (Å²) in [6, 6.07) is 9.70. The molecule has 0 aliphatic carbocycles. The Bertz CT molecular complexity index is 660. The SMILES string of the molecule is FC(F)SCc1ccc(CNCc2ccccc2OCC(F)(F)F)o1. The molecule has 0 aliphatic rings. The van der Waals surface area contributed by atoms with Gasteiger partial charge in [-0.25, -0.2) is 0 Å². The summed E-state index contributed by atoms with van der Waals surface area (Å²) < 4.78 is 71.2. The van der Waals surface area contributed by atoms with Crippen molar-refractivity contribution in [2.24, 2.45) is 0 Å². The molecule has 0 aliphatic heterocycles. The third-order valence-electron chi connectivity index (χ3n) is 3.05. The van der Waals surface area contributed by atoms with Crippen LogP contribution in [0.3, 0.4) is 0 Å². The van der Waals surface area contributed by atoms with Crippen LogP contribution in [0.1, 0.15) is 17.1 Å². The van der Waals surface area contributed by atoms with E-state index in [-0.39, 0.29) is 18.0 Å². The zero-order valence-electron chi connectivity index (χ0n) is 13.0. The average molecular weight is 381 g/mol. The molecule has 1 aromatic heterocycles. The summed E-state index contributed by atoms with van der Waals surface area (Å²) in [5, 5.41) is 3.02. The van der Waals surface area contributed by atoms with Gasteiger partial charge in [0.05, 0.1) is 12.3 Å². The van der Waals surface area contributed by atoms with E-state index in [9.17, 15) is 22.0 Å². The minimum atomic E-state index is -4.40. The second kappa shape index (κ2) is 9.10. The topological polar surface area (TPSA) is 34.4 Å². The molecule has 0 bridgehead atoms. The number of halogens is 5. The maximum atomic E-state index is 12.3. The van der Waals surface area contributed by atoms with Crippen molar-refractivity contribution < 1.29 is 31.1 Å². The fourth-order valence-electron chi connectivity index (χ4n) is 2.01. The van der Waals surface area contributed by atoms with E-state index in [0.29, 0.717) is 35.4 Å². The monoisotopic (exact) mass is 381 g/mol. The molecule has 3 nitrogen and oxygen atoms in total. The maximum absolute atomic E-state index is 12.3. The van der Waals surface area contributed by atoms with E-state index in [1.165, 1.54) is 6.07 Å². The van der Waals surface area contributed by atoms with Crippen LogP contribution in [-0.2, 0) is 18.8 Å². The van der Waals surface area contributed by atoms with Crippen LogP contribution in [0.2, 0.25) is 0 Å².